The van der Waals surface area contributed by atoms with Crippen LogP contribution in [-0.2, 0) is 18.4 Å². The van der Waals surface area contributed by atoms with E-state index in [4.69, 9.17) is 9.72 Å². The summed E-state index contributed by atoms with van der Waals surface area (Å²) in [7, 11) is 1.61. The molecule has 2 aliphatic rings. The molecule has 3 heterocycles. The summed E-state index contributed by atoms with van der Waals surface area (Å²) in [4.78, 5) is 20.0. The maximum absolute atomic E-state index is 13.8. The smallest absolute Gasteiger partial charge is 0.391 e. The highest BCUT2D eigenvalue weighted by Crippen LogP contribution is 2.43. The molecule has 1 saturated heterocycles. The van der Waals surface area contributed by atoms with Crippen LogP contribution in [-0.4, -0.2) is 56.9 Å². The van der Waals surface area contributed by atoms with E-state index in [9.17, 15) is 23.1 Å². The van der Waals surface area contributed by atoms with Crippen LogP contribution in [0.15, 0.2) is 16.6 Å². The first kappa shape index (κ1) is 26.0. The van der Waals surface area contributed by atoms with E-state index in [1.54, 1.807) is 7.11 Å². The average Bonchev–Trinajstić information content (AvgIpc) is 3.33. The Labute approximate surface area is 211 Å². The van der Waals surface area contributed by atoms with Crippen molar-refractivity contribution in [3.63, 3.8) is 0 Å². The maximum Gasteiger partial charge on any atom is 0.391 e. The largest absolute Gasteiger partial charge is 0.496 e. The van der Waals surface area contributed by atoms with Crippen LogP contribution in [0.3, 0.4) is 0 Å². The number of carbonyl (C=O) groups excluding carboxylic acids is 1. The number of ether oxygens (including phenoxy) is 1. The zero-order valence-corrected chi connectivity index (χ0v) is 22.2. The number of aliphatic hydroxyl groups is 1. The Hall–Kier alpha value is -2.07. The van der Waals surface area contributed by atoms with Gasteiger partial charge in [0.05, 0.1) is 41.0 Å². The van der Waals surface area contributed by atoms with Gasteiger partial charge >= 0.3 is 6.18 Å². The van der Waals surface area contributed by atoms with E-state index in [0.29, 0.717) is 25.8 Å². The quantitative estimate of drug-likeness (QED) is 0.540. The van der Waals surface area contributed by atoms with E-state index >= 15 is 0 Å². The van der Waals surface area contributed by atoms with E-state index in [1.165, 1.54) is 11.8 Å². The molecule has 0 aliphatic carbocycles. The molecule has 1 aromatic carbocycles. The molecule has 4 rings (SSSR count). The molecule has 0 unspecified atom stereocenters. The van der Waals surface area contributed by atoms with Crippen molar-refractivity contribution in [2.45, 2.75) is 83.2 Å². The molecule has 2 aromatic rings. The number of alkyl halides is 3. The third-order valence-electron chi connectivity index (χ3n) is 7.18. The molecule has 6 nitrogen and oxygen atoms in total. The molecular formula is C25H31BrF3N3O3. The van der Waals surface area contributed by atoms with Crippen molar-refractivity contribution in [2.75, 3.05) is 13.7 Å². The molecule has 2 aliphatic heterocycles. The molecule has 1 aromatic heterocycles. The first-order chi connectivity index (χ1) is 16.2. The van der Waals surface area contributed by atoms with Crippen LogP contribution in [0.25, 0.3) is 11.3 Å². The number of imidazole rings is 1. The van der Waals surface area contributed by atoms with Gasteiger partial charge in [-0.25, -0.2) is 4.98 Å². The van der Waals surface area contributed by atoms with Crippen molar-refractivity contribution in [1.29, 1.82) is 0 Å². The number of carbonyl (C=O) groups is 1. The molecular weight excluding hydrogens is 527 g/mol. The van der Waals surface area contributed by atoms with Crippen LogP contribution in [0, 0.1) is 0 Å². The third-order valence-corrected chi connectivity index (χ3v) is 7.80. The maximum atomic E-state index is 13.8. The number of fused-ring (bicyclic) bond motifs is 3. The second-order valence-electron chi connectivity index (χ2n) is 10.7. The minimum atomic E-state index is -4.52. The number of likely N-dealkylation sites (tertiary alicyclic amines) is 1. The lowest BCUT2D eigenvalue weighted by Gasteiger charge is -2.39. The van der Waals surface area contributed by atoms with Crippen molar-refractivity contribution in [1.82, 2.24) is 14.5 Å². The summed E-state index contributed by atoms with van der Waals surface area (Å²) in [5.74, 6) is 0.477. The Balaban J connectivity index is 1.81. The predicted octanol–water partition coefficient (Wildman–Crippen LogP) is 5.48. The SMILES string of the molecule is COc1cc2c(cc1Br)-c1c(C(C)(C)C)nc(C(=O)N3CCC[C@@]3(C)[C@@H](O)CC(F)(F)F)n1CC2. The Bertz CT molecular complexity index is 1160. The zero-order chi connectivity index (χ0) is 25.9. The fourth-order valence-corrected chi connectivity index (χ4v) is 5.77. The number of amides is 1. The molecule has 2 atom stereocenters. The lowest BCUT2D eigenvalue weighted by atomic mass is 9.86. The summed E-state index contributed by atoms with van der Waals surface area (Å²) < 4.78 is 47.3. The van der Waals surface area contributed by atoms with Gasteiger partial charge in [-0.15, -0.1) is 0 Å². The normalized spacial score (nSPS) is 21.0. The number of methoxy groups -OCH3 is 1. The topological polar surface area (TPSA) is 67.6 Å². The number of hydrogen-bond acceptors (Lipinski definition) is 4. The number of hydrogen-bond donors (Lipinski definition) is 1. The van der Waals surface area contributed by atoms with Crippen molar-refractivity contribution in [3.05, 3.63) is 33.7 Å². The standard InChI is InChI=1S/C25H31BrF3N3O3/c1-23(2,3)20-19-15-12-16(26)17(35-5)11-14(15)7-10-31(19)21(30-20)22(34)32-9-6-8-24(32,4)18(33)13-25(27,28)29/h11-12,18,33H,6-10,13H2,1-5H3/t18-,24-/m0/s1. The Morgan fingerprint density at radius 3 is 2.57 bits per heavy atom. The van der Waals surface area contributed by atoms with E-state index in [2.05, 4.69) is 15.9 Å². The van der Waals surface area contributed by atoms with Gasteiger partial charge < -0.3 is 19.3 Å². The highest BCUT2D eigenvalue weighted by molar-refractivity contribution is 9.10. The summed E-state index contributed by atoms with van der Waals surface area (Å²) >= 11 is 3.56. The van der Waals surface area contributed by atoms with Crippen LogP contribution in [0.4, 0.5) is 13.2 Å². The molecule has 0 bridgehead atoms. The number of rotatable bonds is 4. The second kappa shape index (κ2) is 8.80. The van der Waals surface area contributed by atoms with Gasteiger partial charge in [-0.05, 0) is 59.8 Å². The van der Waals surface area contributed by atoms with Crippen molar-refractivity contribution >= 4 is 21.8 Å². The highest BCUT2D eigenvalue weighted by Gasteiger charge is 2.50. The minimum absolute atomic E-state index is 0.204. The Morgan fingerprint density at radius 2 is 1.97 bits per heavy atom. The Morgan fingerprint density at radius 1 is 1.29 bits per heavy atom. The van der Waals surface area contributed by atoms with Gasteiger partial charge in [0, 0.05) is 24.1 Å². The fourth-order valence-electron chi connectivity index (χ4n) is 5.27. The molecule has 35 heavy (non-hydrogen) atoms. The van der Waals surface area contributed by atoms with Gasteiger partial charge in [-0.3, -0.25) is 4.79 Å². The van der Waals surface area contributed by atoms with Crippen LogP contribution in [0.1, 0.15) is 68.8 Å². The number of aromatic nitrogens is 2. The van der Waals surface area contributed by atoms with Gasteiger partial charge in [0.15, 0.2) is 5.82 Å². The second-order valence-corrected chi connectivity index (χ2v) is 11.5. The lowest BCUT2D eigenvalue weighted by molar-refractivity contribution is -0.166. The minimum Gasteiger partial charge on any atom is -0.496 e. The predicted molar refractivity (Wildman–Crippen MR) is 130 cm³/mol. The van der Waals surface area contributed by atoms with Gasteiger partial charge in [-0.1, -0.05) is 20.8 Å². The summed E-state index contributed by atoms with van der Waals surface area (Å²) in [5.41, 5.74) is 1.90. The number of nitrogens with zero attached hydrogens (tertiary/aromatic N) is 3. The first-order valence-electron chi connectivity index (χ1n) is 11.7. The lowest BCUT2D eigenvalue weighted by Crippen LogP contribution is -2.54. The van der Waals surface area contributed by atoms with E-state index in [1.807, 2.05) is 37.5 Å². The average molecular weight is 558 g/mol. The Kier molecular flexibility index (Phi) is 6.54. The number of benzene rings is 1. The molecule has 1 fully saturated rings. The third kappa shape index (κ3) is 4.59. The van der Waals surface area contributed by atoms with Gasteiger partial charge in [0.25, 0.3) is 5.91 Å². The summed E-state index contributed by atoms with van der Waals surface area (Å²) in [6.07, 6.45) is -6.12. The molecule has 1 amide bonds. The van der Waals surface area contributed by atoms with Crippen molar-refractivity contribution in [3.8, 4) is 17.0 Å². The van der Waals surface area contributed by atoms with E-state index < -0.39 is 30.1 Å². The van der Waals surface area contributed by atoms with Crippen LogP contribution < -0.4 is 4.74 Å². The monoisotopic (exact) mass is 557 g/mol. The van der Waals surface area contributed by atoms with Crippen molar-refractivity contribution in [2.24, 2.45) is 0 Å². The van der Waals surface area contributed by atoms with E-state index in [0.717, 1.165) is 32.7 Å². The molecule has 0 saturated carbocycles. The fraction of sp³-hybridized carbons (Fsp3) is 0.600. The molecule has 0 radical (unpaired) electrons. The first-order valence-corrected chi connectivity index (χ1v) is 12.5. The van der Waals surface area contributed by atoms with Crippen LogP contribution in [0.2, 0.25) is 0 Å². The molecule has 192 valence electrons. The van der Waals surface area contributed by atoms with Crippen molar-refractivity contribution < 1.29 is 27.8 Å². The number of aryl methyl sites for hydroxylation is 1. The van der Waals surface area contributed by atoms with E-state index in [-0.39, 0.29) is 17.8 Å². The van der Waals surface area contributed by atoms with Crippen LogP contribution >= 0.6 is 15.9 Å². The molecule has 1 N–H and O–H groups in total. The molecule has 10 heteroatoms. The highest BCUT2D eigenvalue weighted by atomic mass is 79.9. The molecule has 0 spiro atoms. The number of aliphatic hydroxyl groups excluding tert-OH is 1. The summed E-state index contributed by atoms with van der Waals surface area (Å²) in [6.45, 7) is 8.38. The zero-order valence-electron chi connectivity index (χ0n) is 20.6. The number of halogens is 4. The van der Waals surface area contributed by atoms with Gasteiger partial charge in [-0.2, -0.15) is 13.2 Å². The van der Waals surface area contributed by atoms with Gasteiger partial charge in [0.1, 0.15) is 5.75 Å². The van der Waals surface area contributed by atoms with Gasteiger partial charge in [0.2, 0.25) is 0 Å². The summed E-state index contributed by atoms with van der Waals surface area (Å²) in [6, 6.07) is 3.95. The van der Waals surface area contributed by atoms with Crippen LogP contribution in [0.5, 0.6) is 5.75 Å². The summed E-state index contributed by atoms with van der Waals surface area (Å²) in [5, 5.41) is 10.5.